The Kier molecular flexibility index (Phi) is 3.84. The topological polar surface area (TPSA) is 99.6 Å². The highest BCUT2D eigenvalue weighted by molar-refractivity contribution is 5.95. The Hall–Kier alpha value is -2.63. The molecule has 2 aromatic rings. The number of carbonyl (C=O) groups excluding carboxylic acids is 2. The number of hydrogen-bond acceptors (Lipinski definition) is 5. The molecule has 0 aliphatic rings. The molecular formula is C14H13NO5. The van der Waals surface area contributed by atoms with Crippen molar-refractivity contribution in [3.63, 3.8) is 0 Å². The minimum absolute atomic E-state index is 0.215. The standard InChI is InChI=1S/C14H13NO5/c1-2-3-12(16)19-9-5-4-8-6-10(13(15)17)14(18)20-11(8)7-9/h4-7H,2-3H2,1H3,(H2,15,17). The zero-order valence-corrected chi connectivity index (χ0v) is 10.8. The van der Waals surface area contributed by atoms with Gasteiger partial charge in [-0.05, 0) is 24.6 Å². The van der Waals surface area contributed by atoms with Crippen LogP contribution in [0, 0.1) is 0 Å². The molecule has 0 spiro atoms. The number of ether oxygens (including phenoxy) is 1. The van der Waals surface area contributed by atoms with Gasteiger partial charge in [0.15, 0.2) is 0 Å². The fourth-order valence-corrected chi connectivity index (χ4v) is 1.71. The van der Waals surface area contributed by atoms with E-state index in [-0.39, 0.29) is 22.9 Å². The summed E-state index contributed by atoms with van der Waals surface area (Å²) in [4.78, 5) is 34.0. The van der Waals surface area contributed by atoms with Gasteiger partial charge in [-0.2, -0.15) is 0 Å². The zero-order chi connectivity index (χ0) is 14.7. The van der Waals surface area contributed by atoms with Crippen molar-refractivity contribution in [2.75, 3.05) is 0 Å². The number of hydrogen-bond donors (Lipinski definition) is 1. The van der Waals surface area contributed by atoms with E-state index < -0.39 is 11.5 Å². The van der Waals surface area contributed by atoms with Crippen LogP contribution in [0.3, 0.4) is 0 Å². The molecule has 0 bridgehead atoms. The Labute approximate surface area is 114 Å². The molecule has 2 rings (SSSR count). The summed E-state index contributed by atoms with van der Waals surface area (Å²) >= 11 is 0. The first kappa shape index (κ1) is 13.8. The second-order valence-electron chi connectivity index (χ2n) is 4.24. The van der Waals surface area contributed by atoms with Crippen molar-refractivity contribution in [1.82, 2.24) is 0 Å². The van der Waals surface area contributed by atoms with Crippen molar-refractivity contribution in [3.8, 4) is 5.75 Å². The summed E-state index contributed by atoms with van der Waals surface area (Å²) in [5.41, 5.74) is 4.26. The van der Waals surface area contributed by atoms with Crippen LogP contribution >= 0.6 is 0 Å². The normalized spacial score (nSPS) is 10.4. The van der Waals surface area contributed by atoms with Gasteiger partial charge in [0, 0.05) is 17.9 Å². The molecule has 0 fully saturated rings. The third kappa shape index (κ3) is 2.85. The molecule has 0 saturated heterocycles. The van der Waals surface area contributed by atoms with Gasteiger partial charge in [-0.25, -0.2) is 4.79 Å². The molecule has 1 amide bonds. The van der Waals surface area contributed by atoms with Crippen LogP contribution in [0.2, 0.25) is 0 Å². The van der Waals surface area contributed by atoms with Crippen LogP contribution in [0.15, 0.2) is 33.5 Å². The number of primary amides is 1. The molecule has 6 heteroatoms. The van der Waals surface area contributed by atoms with Crippen LogP contribution in [0.4, 0.5) is 0 Å². The smallest absolute Gasteiger partial charge is 0.349 e. The number of nitrogens with two attached hydrogens (primary N) is 1. The minimum Gasteiger partial charge on any atom is -0.426 e. The monoisotopic (exact) mass is 275 g/mol. The van der Waals surface area contributed by atoms with E-state index in [9.17, 15) is 14.4 Å². The second-order valence-corrected chi connectivity index (χ2v) is 4.24. The van der Waals surface area contributed by atoms with Crippen LogP contribution in [-0.4, -0.2) is 11.9 Å². The summed E-state index contributed by atoms with van der Waals surface area (Å²) in [5, 5.41) is 0.522. The van der Waals surface area contributed by atoms with Crippen molar-refractivity contribution in [2.24, 2.45) is 5.73 Å². The average molecular weight is 275 g/mol. The number of benzene rings is 1. The summed E-state index contributed by atoms with van der Waals surface area (Å²) in [5.74, 6) is -0.923. The van der Waals surface area contributed by atoms with Gasteiger partial charge in [0.05, 0.1) is 0 Å². The van der Waals surface area contributed by atoms with Gasteiger partial charge in [-0.15, -0.1) is 0 Å². The van der Waals surface area contributed by atoms with E-state index in [0.29, 0.717) is 18.2 Å². The first-order chi connectivity index (χ1) is 9.51. The first-order valence-corrected chi connectivity index (χ1v) is 6.09. The lowest BCUT2D eigenvalue weighted by molar-refractivity contribution is -0.134. The van der Waals surface area contributed by atoms with Crippen molar-refractivity contribution >= 4 is 22.8 Å². The third-order valence-electron chi connectivity index (χ3n) is 2.66. The van der Waals surface area contributed by atoms with Crippen LogP contribution in [0.5, 0.6) is 5.75 Å². The van der Waals surface area contributed by atoms with Gasteiger partial charge < -0.3 is 14.9 Å². The molecular weight excluding hydrogens is 262 g/mol. The summed E-state index contributed by atoms with van der Waals surface area (Å²) in [6.45, 7) is 1.87. The lowest BCUT2D eigenvalue weighted by Gasteiger charge is -2.04. The Morgan fingerprint density at radius 1 is 1.30 bits per heavy atom. The Balaban J connectivity index is 2.40. The highest BCUT2D eigenvalue weighted by Crippen LogP contribution is 2.21. The predicted octanol–water partition coefficient (Wildman–Crippen LogP) is 1.60. The molecule has 0 radical (unpaired) electrons. The maximum absolute atomic E-state index is 11.5. The van der Waals surface area contributed by atoms with Crippen LogP contribution in [0.1, 0.15) is 30.1 Å². The zero-order valence-electron chi connectivity index (χ0n) is 10.8. The average Bonchev–Trinajstić information content (AvgIpc) is 2.37. The van der Waals surface area contributed by atoms with Crippen molar-refractivity contribution < 1.29 is 18.7 Å². The van der Waals surface area contributed by atoms with E-state index >= 15 is 0 Å². The molecule has 0 atom stereocenters. The van der Waals surface area contributed by atoms with E-state index in [1.165, 1.54) is 12.1 Å². The van der Waals surface area contributed by atoms with Crippen molar-refractivity contribution in [2.45, 2.75) is 19.8 Å². The number of carbonyl (C=O) groups is 2. The molecule has 0 saturated carbocycles. The fourth-order valence-electron chi connectivity index (χ4n) is 1.71. The predicted molar refractivity (Wildman–Crippen MR) is 71.5 cm³/mol. The summed E-state index contributed by atoms with van der Waals surface area (Å²) < 4.78 is 10.1. The van der Waals surface area contributed by atoms with E-state index in [4.69, 9.17) is 14.9 Å². The van der Waals surface area contributed by atoms with Crippen molar-refractivity contribution in [3.05, 3.63) is 40.2 Å². The van der Waals surface area contributed by atoms with Crippen LogP contribution in [-0.2, 0) is 4.79 Å². The fraction of sp³-hybridized carbons (Fsp3) is 0.214. The van der Waals surface area contributed by atoms with Crippen LogP contribution in [0.25, 0.3) is 11.0 Å². The number of esters is 1. The summed E-state index contributed by atoms with van der Waals surface area (Å²) in [6, 6.07) is 5.91. The molecule has 104 valence electrons. The number of amides is 1. The van der Waals surface area contributed by atoms with Gasteiger partial charge in [0.1, 0.15) is 16.9 Å². The third-order valence-corrected chi connectivity index (χ3v) is 2.66. The van der Waals surface area contributed by atoms with E-state index in [2.05, 4.69) is 0 Å². The Morgan fingerprint density at radius 2 is 2.05 bits per heavy atom. The Morgan fingerprint density at radius 3 is 2.70 bits per heavy atom. The summed E-state index contributed by atoms with van der Waals surface area (Å²) in [7, 11) is 0. The highest BCUT2D eigenvalue weighted by atomic mass is 16.5. The minimum atomic E-state index is -0.848. The molecule has 0 aliphatic carbocycles. The molecule has 1 aromatic heterocycles. The van der Waals surface area contributed by atoms with E-state index in [1.54, 1.807) is 12.1 Å². The SMILES string of the molecule is CCCC(=O)Oc1ccc2cc(C(N)=O)c(=O)oc2c1. The Bertz CT molecular complexity index is 732. The van der Waals surface area contributed by atoms with Crippen LogP contribution < -0.4 is 16.1 Å². The maximum atomic E-state index is 11.5. The van der Waals surface area contributed by atoms with E-state index in [0.717, 1.165) is 0 Å². The molecule has 0 unspecified atom stereocenters. The first-order valence-electron chi connectivity index (χ1n) is 6.09. The summed E-state index contributed by atoms with van der Waals surface area (Å²) in [6.07, 6.45) is 0.992. The van der Waals surface area contributed by atoms with Gasteiger partial charge in [0.25, 0.3) is 5.91 Å². The van der Waals surface area contributed by atoms with Gasteiger partial charge >= 0.3 is 11.6 Å². The molecule has 2 N–H and O–H groups in total. The maximum Gasteiger partial charge on any atom is 0.349 e. The van der Waals surface area contributed by atoms with E-state index in [1.807, 2.05) is 6.92 Å². The largest absolute Gasteiger partial charge is 0.426 e. The molecule has 0 aliphatic heterocycles. The van der Waals surface area contributed by atoms with Crippen molar-refractivity contribution in [1.29, 1.82) is 0 Å². The second kappa shape index (κ2) is 5.56. The number of rotatable bonds is 4. The number of fused-ring (bicyclic) bond motifs is 1. The molecule has 6 nitrogen and oxygen atoms in total. The lowest BCUT2D eigenvalue weighted by Crippen LogP contribution is -2.20. The molecule has 1 heterocycles. The van der Waals surface area contributed by atoms with Gasteiger partial charge in [-0.3, -0.25) is 9.59 Å². The molecule has 1 aromatic carbocycles. The van der Waals surface area contributed by atoms with Gasteiger partial charge in [0.2, 0.25) is 0 Å². The lowest BCUT2D eigenvalue weighted by atomic mass is 10.2. The van der Waals surface area contributed by atoms with Gasteiger partial charge in [-0.1, -0.05) is 6.92 Å². The quantitative estimate of drug-likeness (QED) is 0.519. The highest BCUT2D eigenvalue weighted by Gasteiger charge is 2.11. The molecule has 20 heavy (non-hydrogen) atoms.